The lowest BCUT2D eigenvalue weighted by molar-refractivity contribution is -0.141. The second-order valence-corrected chi connectivity index (χ2v) is 4.49. The number of halogens is 3. The molecule has 0 bridgehead atoms. The molecule has 8 heteroatoms. The molecule has 20 heavy (non-hydrogen) atoms. The van der Waals surface area contributed by atoms with Crippen molar-refractivity contribution < 1.29 is 23.1 Å². The van der Waals surface area contributed by atoms with Gasteiger partial charge in [0.15, 0.2) is 0 Å². The van der Waals surface area contributed by atoms with Gasteiger partial charge in [0.2, 0.25) is 0 Å². The summed E-state index contributed by atoms with van der Waals surface area (Å²) in [5, 5.41) is 9.19. The van der Waals surface area contributed by atoms with Gasteiger partial charge >= 0.3 is 6.18 Å². The van der Waals surface area contributed by atoms with Gasteiger partial charge in [0.25, 0.3) is 5.91 Å². The van der Waals surface area contributed by atoms with E-state index in [1.165, 1.54) is 11.9 Å². The SMILES string of the molecule is CC(O)CCN(C)c1nc(C(F)(F)F)ccc1C(N)=O. The van der Waals surface area contributed by atoms with E-state index in [2.05, 4.69) is 4.98 Å². The van der Waals surface area contributed by atoms with Crippen LogP contribution in [-0.4, -0.2) is 35.7 Å². The Hall–Kier alpha value is -1.83. The molecule has 0 fully saturated rings. The Kier molecular flexibility index (Phi) is 4.93. The summed E-state index contributed by atoms with van der Waals surface area (Å²) in [6.45, 7) is 1.80. The van der Waals surface area contributed by atoms with Crippen LogP contribution in [0.5, 0.6) is 0 Å². The highest BCUT2D eigenvalue weighted by molar-refractivity contribution is 5.97. The Bertz CT molecular complexity index is 489. The van der Waals surface area contributed by atoms with Crippen molar-refractivity contribution in [3.05, 3.63) is 23.4 Å². The number of pyridine rings is 1. The van der Waals surface area contributed by atoms with Gasteiger partial charge in [0.1, 0.15) is 11.5 Å². The molecule has 1 aromatic heterocycles. The van der Waals surface area contributed by atoms with Crippen molar-refractivity contribution in [3.63, 3.8) is 0 Å². The molecule has 1 unspecified atom stereocenters. The fraction of sp³-hybridized carbons (Fsp3) is 0.500. The van der Waals surface area contributed by atoms with Gasteiger partial charge < -0.3 is 15.7 Å². The molecule has 0 aliphatic carbocycles. The Morgan fingerprint density at radius 1 is 1.50 bits per heavy atom. The molecular formula is C12H16F3N3O2. The third kappa shape index (κ3) is 4.09. The lowest BCUT2D eigenvalue weighted by Crippen LogP contribution is -2.27. The van der Waals surface area contributed by atoms with E-state index in [9.17, 15) is 23.1 Å². The number of aliphatic hydroxyl groups excluding tert-OH is 1. The maximum absolute atomic E-state index is 12.6. The first-order valence-corrected chi connectivity index (χ1v) is 5.90. The van der Waals surface area contributed by atoms with Crippen LogP contribution in [-0.2, 0) is 6.18 Å². The number of alkyl halides is 3. The maximum Gasteiger partial charge on any atom is 0.433 e. The number of amides is 1. The Balaban J connectivity index is 3.15. The van der Waals surface area contributed by atoms with Crippen molar-refractivity contribution in [1.29, 1.82) is 0 Å². The van der Waals surface area contributed by atoms with Crippen molar-refractivity contribution in [1.82, 2.24) is 4.98 Å². The summed E-state index contributed by atoms with van der Waals surface area (Å²) < 4.78 is 37.9. The summed E-state index contributed by atoms with van der Waals surface area (Å²) in [5.74, 6) is -1.00. The summed E-state index contributed by atoms with van der Waals surface area (Å²) in [6.07, 6.45) is -4.89. The maximum atomic E-state index is 12.6. The van der Waals surface area contributed by atoms with Crippen LogP contribution in [0.3, 0.4) is 0 Å². The molecule has 0 aliphatic heterocycles. The van der Waals surface area contributed by atoms with Crippen LogP contribution in [0.15, 0.2) is 12.1 Å². The predicted octanol–water partition coefficient (Wildman–Crippen LogP) is 1.41. The number of carbonyl (C=O) groups is 1. The quantitative estimate of drug-likeness (QED) is 0.859. The fourth-order valence-electron chi connectivity index (χ4n) is 1.58. The average molecular weight is 291 g/mol. The van der Waals surface area contributed by atoms with E-state index >= 15 is 0 Å². The number of rotatable bonds is 5. The van der Waals surface area contributed by atoms with E-state index in [0.717, 1.165) is 6.07 Å². The largest absolute Gasteiger partial charge is 0.433 e. The van der Waals surface area contributed by atoms with Crippen LogP contribution in [0.2, 0.25) is 0 Å². The molecule has 0 aliphatic rings. The first-order chi connectivity index (χ1) is 9.12. The number of anilines is 1. The number of aliphatic hydroxyl groups is 1. The van der Waals surface area contributed by atoms with Crippen molar-refractivity contribution in [2.24, 2.45) is 5.73 Å². The Morgan fingerprint density at radius 2 is 2.10 bits per heavy atom. The lowest BCUT2D eigenvalue weighted by Gasteiger charge is -2.22. The van der Waals surface area contributed by atoms with Crippen molar-refractivity contribution in [2.75, 3.05) is 18.5 Å². The zero-order chi connectivity index (χ0) is 15.5. The normalized spacial score (nSPS) is 13.1. The Labute approximate surface area is 114 Å². The van der Waals surface area contributed by atoms with E-state index in [1.807, 2.05) is 0 Å². The van der Waals surface area contributed by atoms with Gasteiger partial charge in [-0.3, -0.25) is 4.79 Å². The number of carbonyl (C=O) groups excluding carboxylic acids is 1. The van der Waals surface area contributed by atoms with Crippen LogP contribution in [0.1, 0.15) is 29.4 Å². The fourth-order valence-corrected chi connectivity index (χ4v) is 1.58. The minimum atomic E-state index is -4.60. The molecule has 112 valence electrons. The molecule has 0 radical (unpaired) electrons. The van der Waals surface area contributed by atoms with Gasteiger partial charge in [0, 0.05) is 13.6 Å². The highest BCUT2D eigenvalue weighted by Crippen LogP contribution is 2.30. The van der Waals surface area contributed by atoms with E-state index in [4.69, 9.17) is 5.73 Å². The highest BCUT2D eigenvalue weighted by Gasteiger charge is 2.33. The molecule has 0 spiro atoms. The molecule has 1 aromatic rings. The van der Waals surface area contributed by atoms with Crippen molar-refractivity contribution >= 4 is 11.7 Å². The molecule has 1 rings (SSSR count). The van der Waals surface area contributed by atoms with Gasteiger partial charge in [-0.2, -0.15) is 13.2 Å². The zero-order valence-electron chi connectivity index (χ0n) is 11.1. The monoisotopic (exact) mass is 291 g/mol. The first-order valence-electron chi connectivity index (χ1n) is 5.90. The first kappa shape index (κ1) is 16.2. The van der Waals surface area contributed by atoms with Gasteiger partial charge in [-0.15, -0.1) is 0 Å². The summed E-state index contributed by atoms with van der Waals surface area (Å²) >= 11 is 0. The smallest absolute Gasteiger partial charge is 0.393 e. The van der Waals surface area contributed by atoms with Crippen molar-refractivity contribution in [2.45, 2.75) is 25.6 Å². The number of primary amides is 1. The molecule has 1 atom stereocenters. The zero-order valence-corrected chi connectivity index (χ0v) is 11.1. The molecule has 0 saturated carbocycles. The minimum absolute atomic E-state index is 0.0916. The Morgan fingerprint density at radius 3 is 2.55 bits per heavy atom. The van der Waals surface area contributed by atoms with Crippen LogP contribution >= 0.6 is 0 Å². The topological polar surface area (TPSA) is 79.4 Å². The van der Waals surface area contributed by atoms with E-state index in [1.54, 1.807) is 6.92 Å². The molecule has 1 heterocycles. The molecule has 5 nitrogen and oxygen atoms in total. The average Bonchev–Trinajstić information content (AvgIpc) is 2.33. The van der Waals surface area contributed by atoms with Gasteiger partial charge in [0.05, 0.1) is 11.7 Å². The molecular weight excluding hydrogens is 275 g/mol. The number of hydrogen-bond donors (Lipinski definition) is 2. The van der Waals surface area contributed by atoms with Crippen LogP contribution in [0.4, 0.5) is 19.0 Å². The number of nitrogens with two attached hydrogens (primary N) is 1. The number of hydrogen-bond acceptors (Lipinski definition) is 4. The lowest BCUT2D eigenvalue weighted by atomic mass is 10.2. The van der Waals surface area contributed by atoms with E-state index in [0.29, 0.717) is 12.5 Å². The molecule has 0 saturated heterocycles. The standard InChI is InChI=1S/C12H16F3N3O2/c1-7(19)5-6-18(2)11-8(10(16)20)3-4-9(17-11)12(13,14)15/h3-4,7,19H,5-6H2,1-2H3,(H2,16,20). The van der Waals surface area contributed by atoms with Crippen LogP contribution in [0.25, 0.3) is 0 Å². The molecule has 3 N–H and O–H groups in total. The molecule has 0 aromatic carbocycles. The second-order valence-electron chi connectivity index (χ2n) is 4.49. The summed E-state index contributed by atoms with van der Waals surface area (Å²) in [6, 6.07) is 1.72. The van der Waals surface area contributed by atoms with E-state index < -0.39 is 23.9 Å². The van der Waals surface area contributed by atoms with E-state index in [-0.39, 0.29) is 17.9 Å². The highest BCUT2D eigenvalue weighted by atomic mass is 19.4. The minimum Gasteiger partial charge on any atom is -0.393 e. The third-order valence-electron chi connectivity index (χ3n) is 2.67. The van der Waals surface area contributed by atoms with Gasteiger partial charge in [-0.1, -0.05) is 0 Å². The third-order valence-corrected chi connectivity index (χ3v) is 2.67. The van der Waals surface area contributed by atoms with Gasteiger partial charge in [-0.25, -0.2) is 4.98 Å². The number of aromatic nitrogens is 1. The molecule has 1 amide bonds. The van der Waals surface area contributed by atoms with Crippen LogP contribution in [0, 0.1) is 0 Å². The summed E-state index contributed by atoms with van der Waals surface area (Å²) in [7, 11) is 1.48. The van der Waals surface area contributed by atoms with Crippen LogP contribution < -0.4 is 10.6 Å². The van der Waals surface area contributed by atoms with Crippen molar-refractivity contribution in [3.8, 4) is 0 Å². The predicted molar refractivity (Wildman–Crippen MR) is 67.3 cm³/mol. The number of nitrogens with zero attached hydrogens (tertiary/aromatic N) is 2. The summed E-state index contributed by atoms with van der Waals surface area (Å²) in [4.78, 5) is 16.1. The van der Waals surface area contributed by atoms with Gasteiger partial charge in [-0.05, 0) is 25.5 Å². The summed E-state index contributed by atoms with van der Waals surface area (Å²) in [5.41, 5.74) is 3.94. The second kappa shape index (κ2) is 6.08.